The van der Waals surface area contributed by atoms with E-state index < -0.39 is 5.60 Å². The monoisotopic (exact) mass is 311 g/mol. The minimum atomic E-state index is -0.832. The van der Waals surface area contributed by atoms with Gasteiger partial charge < -0.3 is 5.11 Å². The number of nitrogens with zero attached hydrogens (tertiary/aromatic N) is 1. The molecular weight excluding hydrogens is 298 g/mol. The van der Waals surface area contributed by atoms with Gasteiger partial charge in [-0.3, -0.25) is 0 Å². The van der Waals surface area contributed by atoms with E-state index in [1.807, 2.05) is 37.3 Å². The zero-order valence-corrected chi connectivity index (χ0v) is 12.0. The fourth-order valence-electron chi connectivity index (χ4n) is 1.83. The molecule has 1 N–H and O–H groups in total. The number of thiazole rings is 1. The first-order chi connectivity index (χ1) is 8.15. The summed E-state index contributed by atoms with van der Waals surface area (Å²) < 4.78 is 0.753. The molecule has 4 heteroatoms. The summed E-state index contributed by atoms with van der Waals surface area (Å²) in [5, 5.41) is 10.8. The van der Waals surface area contributed by atoms with Crippen molar-refractivity contribution in [1.82, 2.24) is 4.98 Å². The van der Waals surface area contributed by atoms with Gasteiger partial charge in [0.25, 0.3) is 0 Å². The van der Waals surface area contributed by atoms with Crippen LogP contribution in [-0.2, 0) is 12.0 Å². The Morgan fingerprint density at radius 3 is 2.59 bits per heavy atom. The predicted octanol–water partition coefficient (Wildman–Crippen LogP) is 3.75. The maximum Gasteiger partial charge on any atom is 0.123 e. The summed E-state index contributed by atoms with van der Waals surface area (Å²) >= 11 is 4.89. The van der Waals surface area contributed by atoms with Crippen LogP contribution in [0.1, 0.15) is 23.8 Å². The highest BCUT2D eigenvalue weighted by Crippen LogP contribution is 2.36. The molecule has 1 aromatic heterocycles. The molecule has 1 unspecified atom stereocenters. The van der Waals surface area contributed by atoms with E-state index in [0.29, 0.717) is 12.8 Å². The predicted molar refractivity (Wildman–Crippen MR) is 74.1 cm³/mol. The molecule has 17 heavy (non-hydrogen) atoms. The standard InChI is InChI=1S/C13H14BrNOS/c1-2-13(16,11-12(14)15-9-17-11)8-10-6-4-3-5-7-10/h3-7,9,16H,2,8H2,1H3. The van der Waals surface area contributed by atoms with Crippen molar-refractivity contribution in [2.75, 3.05) is 0 Å². The number of aliphatic hydroxyl groups is 1. The van der Waals surface area contributed by atoms with E-state index in [0.717, 1.165) is 15.0 Å². The largest absolute Gasteiger partial charge is 0.384 e. The third-order valence-corrected chi connectivity index (χ3v) is 4.75. The Hall–Kier alpha value is -0.710. The van der Waals surface area contributed by atoms with Crippen LogP contribution in [0.5, 0.6) is 0 Å². The Morgan fingerprint density at radius 2 is 2.06 bits per heavy atom. The maximum absolute atomic E-state index is 10.8. The second kappa shape index (κ2) is 5.29. The average molecular weight is 312 g/mol. The van der Waals surface area contributed by atoms with E-state index in [1.165, 1.54) is 11.3 Å². The second-order valence-corrected chi connectivity index (χ2v) is 5.63. The molecular formula is C13H14BrNOS. The Kier molecular flexibility index (Phi) is 3.97. The number of rotatable bonds is 4. The fraction of sp³-hybridized carbons (Fsp3) is 0.308. The van der Waals surface area contributed by atoms with Crippen LogP contribution >= 0.6 is 27.3 Å². The summed E-state index contributed by atoms with van der Waals surface area (Å²) in [5.41, 5.74) is 2.06. The molecule has 0 fully saturated rings. The lowest BCUT2D eigenvalue weighted by Crippen LogP contribution is -2.27. The minimum absolute atomic E-state index is 0.616. The van der Waals surface area contributed by atoms with Gasteiger partial charge >= 0.3 is 0 Å². The number of benzene rings is 1. The van der Waals surface area contributed by atoms with Crippen molar-refractivity contribution in [2.24, 2.45) is 0 Å². The molecule has 0 amide bonds. The van der Waals surface area contributed by atoms with Gasteiger partial charge in [0.1, 0.15) is 10.2 Å². The molecule has 1 atom stereocenters. The van der Waals surface area contributed by atoms with Crippen LogP contribution in [0, 0.1) is 0 Å². The first kappa shape index (κ1) is 12.7. The quantitative estimate of drug-likeness (QED) is 0.933. The van der Waals surface area contributed by atoms with E-state index in [-0.39, 0.29) is 0 Å². The molecule has 2 aromatic rings. The van der Waals surface area contributed by atoms with Gasteiger partial charge in [-0.05, 0) is 27.9 Å². The number of halogens is 1. The van der Waals surface area contributed by atoms with Gasteiger partial charge in [0.15, 0.2) is 0 Å². The third-order valence-electron chi connectivity index (χ3n) is 2.87. The Labute approximate surface area is 113 Å². The molecule has 1 heterocycles. The molecule has 1 aromatic carbocycles. The fourth-order valence-corrected chi connectivity index (χ4v) is 3.57. The van der Waals surface area contributed by atoms with Crippen molar-refractivity contribution >= 4 is 27.3 Å². The van der Waals surface area contributed by atoms with Gasteiger partial charge in [-0.15, -0.1) is 11.3 Å². The van der Waals surface area contributed by atoms with Gasteiger partial charge in [0.05, 0.1) is 10.4 Å². The summed E-state index contributed by atoms with van der Waals surface area (Å²) in [6, 6.07) is 10.0. The highest BCUT2D eigenvalue weighted by Gasteiger charge is 2.31. The van der Waals surface area contributed by atoms with Crippen molar-refractivity contribution in [2.45, 2.75) is 25.4 Å². The van der Waals surface area contributed by atoms with Crippen LogP contribution < -0.4 is 0 Å². The summed E-state index contributed by atoms with van der Waals surface area (Å²) in [4.78, 5) is 5.05. The topological polar surface area (TPSA) is 33.1 Å². The van der Waals surface area contributed by atoms with E-state index in [2.05, 4.69) is 20.9 Å². The van der Waals surface area contributed by atoms with Crippen LogP contribution in [-0.4, -0.2) is 10.1 Å². The molecule has 90 valence electrons. The van der Waals surface area contributed by atoms with Crippen LogP contribution in [0.15, 0.2) is 40.4 Å². The summed E-state index contributed by atoms with van der Waals surface area (Å²) in [5.74, 6) is 0. The van der Waals surface area contributed by atoms with Crippen LogP contribution in [0.25, 0.3) is 0 Å². The summed E-state index contributed by atoms with van der Waals surface area (Å²) in [6.45, 7) is 2.00. The molecule has 0 bridgehead atoms. The molecule has 0 radical (unpaired) electrons. The lowest BCUT2D eigenvalue weighted by atomic mass is 9.91. The summed E-state index contributed by atoms with van der Waals surface area (Å²) in [7, 11) is 0. The first-order valence-electron chi connectivity index (χ1n) is 5.51. The van der Waals surface area contributed by atoms with E-state index in [4.69, 9.17) is 0 Å². The zero-order valence-electron chi connectivity index (χ0n) is 9.56. The summed E-state index contributed by atoms with van der Waals surface area (Å²) in [6.07, 6.45) is 1.29. The third kappa shape index (κ3) is 2.76. The van der Waals surface area contributed by atoms with Gasteiger partial charge in [0, 0.05) is 6.42 Å². The maximum atomic E-state index is 10.8. The van der Waals surface area contributed by atoms with Crippen molar-refractivity contribution in [3.8, 4) is 0 Å². The highest BCUT2D eigenvalue weighted by molar-refractivity contribution is 9.10. The molecule has 0 aliphatic heterocycles. The second-order valence-electron chi connectivity index (χ2n) is 4.02. The Balaban J connectivity index is 2.30. The van der Waals surface area contributed by atoms with Crippen molar-refractivity contribution in [3.05, 3.63) is 50.9 Å². The molecule has 2 rings (SSSR count). The Morgan fingerprint density at radius 1 is 1.35 bits per heavy atom. The highest BCUT2D eigenvalue weighted by atomic mass is 79.9. The molecule has 0 saturated carbocycles. The number of aromatic nitrogens is 1. The number of hydrogen-bond acceptors (Lipinski definition) is 3. The van der Waals surface area contributed by atoms with Crippen LogP contribution in [0.3, 0.4) is 0 Å². The SMILES string of the molecule is CCC(O)(Cc1ccccc1)c1scnc1Br. The van der Waals surface area contributed by atoms with Crippen molar-refractivity contribution < 1.29 is 5.11 Å². The van der Waals surface area contributed by atoms with Crippen LogP contribution in [0.4, 0.5) is 0 Å². The Bertz CT molecular complexity index is 485. The lowest BCUT2D eigenvalue weighted by molar-refractivity contribution is 0.0356. The molecule has 0 aliphatic rings. The molecule has 0 saturated heterocycles. The lowest BCUT2D eigenvalue weighted by Gasteiger charge is -2.25. The van der Waals surface area contributed by atoms with Crippen molar-refractivity contribution in [3.63, 3.8) is 0 Å². The van der Waals surface area contributed by atoms with E-state index in [1.54, 1.807) is 5.51 Å². The van der Waals surface area contributed by atoms with Gasteiger partial charge in [-0.2, -0.15) is 0 Å². The van der Waals surface area contributed by atoms with Gasteiger partial charge in [-0.1, -0.05) is 37.3 Å². The first-order valence-corrected chi connectivity index (χ1v) is 7.19. The minimum Gasteiger partial charge on any atom is -0.384 e. The normalized spacial score (nSPS) is 14.5. The van der Waals surface area contributed by atoms with Crippen LogP contribution in [0.2, 0.25) is 0 Å². The molecule has 0 aliphatic carbocycles. The molecule has 2 nitrogen and oxygen atoms in total. The van der Waals surface area contributed by atoms with E-state index in [9.17, 15) is 5.11 Å². The van der Waals surface area contributed by atoms with Crippen molar-refractivity contribution in [1.29, 1.82) is 0 Å². The van der Waals surface area contributed by atoms with Gasteiger partial charge in [-0.25, -0.2) is 4.98 Å². The van der Waals surface area contributed by atoms with Gasteiger partial charge in [0.2, 0.25) is 0 Å². The average Bonchev–Trinajstić information content (AvgIpc) is 2.77. The molecule has 0 spiro atoms. The van der Waals surface area contributed by atoms with E-state index >= 15 is 0 Å². The smallest absolute Gasteiger partial charge is 0.123 e. The number of hydrogen-bond donors (Lipinski definition) is 1. The zero-order chi connectivity index (χ0) is 12.3.